The van der Waals surface area contributed by atoms with E-state index in [9.17, 15) is 14.4 Å². The number of carbonyl (C=O) groups is 3. The number of tetrazole rings is 1. The van der Waals surface area contributed by atoms with Crippen LogP contribution in [0.3, 0.4) is 0 Å². The van der Waals surface area contributed by atoms with Crippen LogP contribution >= 0.6 is 11.8 Å². The van der Waals surface area contributed by atoms with E-state index in [2.05, 4.69) is 26.3 Å². The molecule has 4 amide bonds. The molecule has 2 heterocycles. The van der Waals surface area contributed by atoms with E-state index in [1.807, 2.05) is 6.07 Å². The van der Waals surface area contributed by atoms with Gasteiger partial charge in [0.15, 0.2) is 0 Å². The number of carbonyl (C=O) groups excluding carboxylic acids is 3. The number of benzene rings is 2. The molecule has 2 N–H and O–H groups in total. The van der Waals surface area contributed by atoms with Crippen LogP contribution in [0.2, 0.25) is 0 Å². The topological polar surface area (TPSA) is 141 Å². The number of hydrogen-bond acceptors (Lipinski definition) is 9. The number of ether oxygens (including phenoxy) is 2. The molecule has 1 aliphatic heterocycles. The lowest BCUT2D eigenvalue weighted by Gasteiger charge is -2.25. The van der Waals surface area contributed by atoms with Crippen molar-refractivity contribution in [3.63, 3.8) is 0 Å². The second-order valence-corrected chi connectivity index (χ2v) is 8.37. The molecule has 12 nitrogen and oxygen atoms in total. The Bertz CT molecular complexity index is 1250. The van der Waals surface area contributed by atoms with Crippen molar-refractivity contribution >= 4 is 29.6 Å². The van der Waals surface area contributed by atoms with E-state index >= 15 is 0 Å². The Labute approximate surface area is 204 Å². The minimum Gasteiger partial charge on any atom is -0.497 e. The molecule has 0 radical (unpaired) electrons. The summed E-state index contributed by atoms with van der Waals surface area (Å²) in [4.78, 5) is 38.4. The van der Waals surface area contributed by atoms with Crippen molar-refractivity contribution in [1.82, 2.24) is 36.0 Å². The van der Waals surface area contributed by atoms with Gasteiger partial charge in [-0.2, -0.15) is 9.69 Å². The quantitative estimate of drug-likeness (QED) is 0.333. The highest BCUT2D eigenvalue weighted by molar-refractivity contribution is 7.99. The molecule has 4 rings (SSSR count). The van der Waals surface area contributed by atoms with Gasteiger partial charge in [-0.3, -0.25) is 15.0 Å². The van der Waals surface area contributed by atoms with Crippen molar-refractivity contribution in [2.45, 2.75) is 24.0 Å². The molecule has 1 saturated heterocycles. The molecule has 1 aromatic heterocycles. The predicted molar refractivity (Wildman–Crippen MR) is 125 cm³/mol. The second-order valence-electron chi connectivity index (χ2n) is 7.43. The van der Waals surface area contributed by atoms with Gasteiger partial charge in [-0.25, -0.2) is 4.79 Å². The Balaban J connectivity index is 1.47. The molecule has 1 atom stereocenters. The Hall–Kier alpha value is -4.13. The van der Waals surface area contributed by atoms with Gasteiger partial charge in [-0.15, -0.1) is 5.10 Å². The van der Waals surface area contributed by atoms with Crippen LogP contribution in [0.15, 0.2) is 53.7 Å². The Morgan fingerprint density at radius 3 is 2.60 bits per heavy atom. The maximum Gasteiger partial charge on any atom is 0.344 e. The first-order valence-electron chi connectivity index (χ1n) is 10.6. The van der Waals surface area contributed by atoms with Gasteiger partial charge in [0, 0.05) is 6.07 Å². The highest BCUT2D eigenvalue weighted by Crippen LogP contribution is 2.32. The molecule has 1 fully saturated rings. The molecule has 182 valence electrons. The predicted octanol–water partition coefficient (Wildman–Crippen LogP) is 1.66. The SMILES string of the molecule is CCC1(c2ccccc2)NC(=O)N(NC(=O)CSc2nnnn2-c2cc(OC)ccc2OC)C1=O. The number of amides is 4. The molecule has 1 aliphatic rings. The maximum atomic E-state index is 13.2. The van der Waals surface area contributed by atoms with Crippen LogP contribution in [0.5, 0.6) is 11.5 Å². The van der Waals surface area contributed by atoms with Crippen LogP contribution in [0, 0.1) is 0 Å². The summed E-state index contributed by atoms with van der Waals surface area (Å²) in [5, 5.41) is 15.4. The number of nitrogens with one attached hydrogen (secondary N) is 2. The number of thioether (sulfide) groups is 1. The van der Waals surface area contributed by atoms with Crippen LogP contribution in [0.25, 0.3) is 5.69 Å². The number of urea groups is 1. The highest BCUT2D eigenvalue weighted by Gasteiger charge is 2.52. The van der Waals surface area contributed by atoms with Crippen molar-refractivity contribution in [2.75, 3.05) is 20.0 Å². The molecule has 0 bridgehead atoms. The molecule has 0 aliphatic carbocycles. The van der Waals surface area contributed by atoms with Gasteiger partial charge < -0.3 is 14.8 Å². The van der Waals surface area contributed by atoms with Crippen molar-refractivity contribution in [1.29, 1.82) is 0 Å². The minimum absolute atomic E-state index is 0.159. The largest absolute Gasteiger partial charge is 0.497 e. The van der Waals surface area contributed by atoms with Gasteiger partial charge in [0.05, 0.1) is 20.0 Å². The lowest BCUT2D eigenvalue weighted by atomic mass is 9.87. The van der Waals surface area contributed by atoms with E-state index in [1.54, 1.807) is 49.4 Å². The highest BCUT2D eigenvalue weighted by atomic mass is 32.2. The third-order valence-corrected chi connectivity index (χ3v) is 6.43. The molecular weight excluding hydrogens is 474 g/mol. The van der Waals surface area contributed by atoms with Crippen LogP contribution < -0.4 is 20.2 Å². The summed E-state index contributed by atoms with van der Waals surface area (Å²) in [6.45, 7) is 1.79. The first-order chi connectivity index (χ1) is 16.9. The summed E-state index contributed by atoms with van der Waals surface area (Å²) in [5.41, 5.74) is 2.30. The standard InChI is InChI=1S/C22H23N7O5S/c1-4-22(14-8-6-5-7-9-14)19(31)29(20(32)23-22)25-18(30)13-35-21-24-26-27-28(21)16-12-15(33-2)10-11-17(16)34-3/h5-12H,4,13H2,1-3H3,(H,23,32)(H,25,30). The van der Waals surface area contributed by atoms with Gasteiger partial charge in [0.1, 0.15) is 22.7 Å². The van der Waals surface area contributed by atoms with Crippen LogP contribution in [0.4, 0.5) is 4.79 Å². The zero-order valence-electron chi connectivity index (χ0n) is 19.2. The number of hydrazine groups is 1. The summed E-state index contributed by atoms with van der Waals surface area (Å²) in [5.74, 6) is -0.221. The van der Waals surface area contributed by atoms with Crippen LogP contribution in [0.1, 0.15) is 18.9 Å². The van der Waals surface area contributed by atoms with E-state index in [4.69, 9.17) is 9.47 Å². The summed E-state index contributed by atoms with van der Waals surface area (Å²) in [6.07, 6.45) is 0.319. The van der Waals surface area contributed by atoms with E-state index < -0.39 is 23.4 Å². The molecule has 0 spiro atoms. The van der Waals surface area contributed by atoms with Crippen LogP contribution in [-0.4, -0.2) is 63.0 Å². The number of nitrogens with zero attached hydrogens (tertiary/aromatic N) is 5. The van der Waals surface area contributed by atoms with Crippen molar-refractivity contribution in [3.8, 4) is 17.2 Å². The minimum atomic E-state index is -1.24. The number of hydrogen-bond donors (Lipinski definition) is 2. The normalized spacial score (nSPS) is 17.3. The zero-order valence-corrected chi connectivity index (χ0v) is 20.0. The van der Waals surface area contributed by atoms with E-state index in [1.165, 1.54) is 18.9 Å². The third kappa shape index (κ3) is 4.49. The summed E-state index contributed by atoms with van der Waals surface area (Å²) < 4.78 is 12.0. The lowest BCUT2D eigenvalue weighted by Crippen LogP contribution is -2.49. The maximum absolute atomic E-state index is 13.2. The fraction of sp³-hybridized carbons (Fsp3) is 0.273. The molecule has 3 aromatic rings. The van der Waals surface area contributed by atoms with E-state index in [0.29, 0.717) is 39.3 Å². The molecular formula is C22H23N7O5S. The average molecular weight is 498 g/mol. The van der Waals surface area contributed by atoms with E-state index in [-0.39, 0.29) is 5.75 Å². The molecule has 1 unspecified atom stereocenters. The summed E-state index contributed by atoms with van der Waals surface area (Å²) in [7, 11) is 3.05. The smallest absolute Gasteiger partial charge is 0.344 e. The molecule has 2 aromatic carbocycles. The van der Waals surface area contributed by atoms with Gasteiger partial charge >= 0.3 is 6.03 Å². The second kappa shape index (κ2) is 10.0. The van der Waals surface area contributed by atoms with Gasteiger partial charge in [-0.05, 0) is 34.5 Å². The van der Waals surface area contributed by atoms with Crippen LogP contribution in [-0.2, 0) is 15.1 Å². The number of imide groups is 1. The number of methoxy groups -OCH3 is 2. The fourth-order valence-corrected chi connectivity index (χ4v) is 4.38. The molecule has 13 heteroatoms. The zero-order chi connectivity index (χ0) is 25.0. The van der Waals surface area contributed by atoms with Gasteiger partial charge in [-0.1, -0.05) is 49.0 Å². The van der Waals surface area contributed by atoms with Gasteiger partial charge in [0.25, 0.3) is 5.91 Å². The Kier molecular flexibility index (Phi) is 6.87. The third-order valence-electron chi connectivity index (χ3n) is 5.51. The van der Waals surface area contributed by atoms with Gasteiger partial charge in [0.2, 0.25) is 11.1 Å². The monoisotopic (exact) mass is 497 g/mol. The molecule has 0 saturated carbocycles. The Morgan fingerprint density at radius 2 is 1.91 bits per heavy atom. The first-order valence-corrected chi connectivity index (χ1v) is 11.6. The number of rotatable bonds is 9. The summed E-state index contributed by atoms with van der Waals surface area (Å²) in [6, 6.07) is 13.3. The molecule has 35 heavy (non-hydrogen) atoms. The lowest BCUT2D eigenvalue weighted by molar-refractivity contribution is -0.138. The van der Waals surface area contributed by atoms with Crippen molar-refractivity contribution < 1.29 is 23.9 Å². The number of aromatic nitrogens is 4. The van der Waals surface area contributed by atoms with Crippen molar-refractivity contribution in [2.24, 2.45) is 0 Å². The van der Waals surface area contributed by atoms with Crippen molar-refractivity contribution in [3.05, 3.63) is 54.1 Å². The fourth-order valence-electron chi connectivity index (χ4n) is 3.71. The summed E-state index contributed by atoms with van der Waals surface area (Å²) >= 11 is 1.03. The first kappa shape index (κ1) is 24.0. The van der Waals surface area contributed by atoms with E-state index in [0.717, 1.165) is 11.8 Å². The average Bonchev–Trinajstić information content (AvgIpc) is 3.46. The Morgan fingerprint density at radius 1 is 1.14 bits per heavy atom.